The van der Waals surface area contributed by atoms with Gasteiger partial charge in [-0.15, -0.1) is 0 Å². The molecular weight excluding hydrogens is 276 g/mol. The van der Waals surface area contributed by atoms with Gasteiger partial charge >= 0.3 is 5.97 Å². The predicted octanol–water partition coefficient (Wildman–Crippen LogP) is 2.55. The normalized spacial score (nSPS) is 10.2. The Morgan fingerprint density at radius 1 is 1.35 bits per heavy atom. The fraction of sp³-hybridized carbons (Fsp3) is 0.357. The Balaban J connectivity index is 2.73. The van der Waals surface area contributed by atoms with Crippen LogP contribution in [0.25, 0.3) is 0 Å². The fourth-order valence-electron chi connectivity index (χ4n) is 1.59. The van der Waals surface area contributed by atoms with E-state index < -0.39 is 5.97 Å². The maximum absolute atomic E-state index is 11.6. The predicted molar refractivity (Wildman–Crippen MR) is 82.0 cm³/mol. The minimum absolute atomic E-state index is 0.161. The first-order valence-electron chi connectivity index (χ1n) is 6.24. The first-order chi connectivity index (χ1) is 9.29. The van der Waals surface area contributed by atoms with Crippen LogP contribution in [0.15, 0.2) is 18.2 Å². The standard InChI is InChI=1S/C14H18N2O3S/c1-8(2)6-12(17)16-14(20)15-11-7-10(13(18)19)5-4-9(11)3/h4-5,7-8H,6H2,1-3H3,(H,18,19)(H2,15,16,17,20). The molecule has 1 amide bonds. The number of carboxylic acids is 1. The fourth-order valence-corrected chi connectivity index (χ4v) is 1.82. The van der Waals surface area contributed by atoms with E-state index >= 15 is 0 Å². The van der Waals surface area contributed by atoms with Crippen LogP contribution >= 0.6 is 12.2 Å². The maximum atomic E-state index is 11.6. The molecule has 108 valence electrons. The van der Waals surface area contributed by atoms with E-state index in [2.05, 4.69) is 10.6 Å². The van der Waals surface area contributed by atoms with Gasteiger partial charge in [-0.1, -0.05) is 19.9 Å². The quantitative estimate of drug-likeness (QED) is 0.744. The minimum atomic E-state index is -1.01. The molecule has 0 radical (unpaired) electrons. The summed E-state index contributed by atoms with van der Waals surface area (Å²) < 4.78 is 0. The van der Waals surface area contributed by atoms with Crippen molar-refractivity contribution in [1.29, 1.82) is 0 Å². The zero-order chi connectivity index (χ0) is 15.3. The second kappa shape index (κ2) is 7.00. The van der Waals surface area contributed by atoms with Crippen LogP contribution in [0.2, 0.25) is 0 Å². The molecule has 0 aliphatic heterocycles. The molecule has 0 fully saturated rings. The van der Waals surface area contributed by atoms with Crippen molar-refractivity contribution in [2.75, 3.05) is 5.32 Å². The molecule has 0 aromatic heterocycles. The lowest BCUT2D eigenvalue weighted by molar-refractivity contribution is -0.120. The number of anilines is 1. The number of hydrogen-bond acceptors (Lipinski definition) is 3. The highest BCUT2D eigenvalue weighted by Gasteiger charge is 2.10. The number of amides is 1. The second-order valence-electron chi connectivity index (χ2n) is 4.94. The van der Waals surface area contributed by atoms with Crippen molar-refractivity contribution < 1.29 is 14.7 Å². The molecule has 0 saturated carbocycles. The molecule has 20 heavy (non-hydrogen) atoms. The number of carboxylic acid groups (broad SMARTS) is 1. The van der Waals surface area contributed by atoms with Gasteiger partial charge in [-0.2, -0.15) is 0 Å². The number of hydrogen-bond donors (Lipinski definition) is 3. The van der Waals surface area contributed by atoms with E-state index in [1.54, 1.807) is 6.07 Å². The van der Waals surface area contributed by atoms with Crippen LogP contribution in [-0.4, -0.2) is 22.1 Å². The largest absolute Gasteiger partial charge is 0.478 e. The third-order valence-electron chi connectivity index (χ3n) is 2.58. The topological polar surface area (TPSA) is 78.4 Å². The Hall–Kier alpha value is -1.95. The lowest BCUT2D eigenvalue weighted by Crippen LogP contribution is -2.34. The van der Waals surface area contributed by atoms with Crippen LogP contribution in [0.3, 0.4) is 0 Å². The van der Waals surface area contributed by atoms with Crippen molar-refractivity contribution in [2.24, 2.45) is 5.92 Å². The highest BCUT2D eigenvalue weighted by Crippen LogP contribution is 2.17. The molecule has 1 aromatic rings. The van der Waals surface area contributed by atoms with Crippen LogP contribution in [0, 0.1) is 12.8 Å². The third-order valence-corrected chi connectivity index (χ3v) is 2.78. The van der Waals surface area contributed by atoms with Crippen molar-refractivity contribution in [3.8, 4) is 0 Å². The van der Waals surface area contributed by atoms with Crippen LogP contribution in [0.5, 0.6) is 0 Å². The van der Waals surface area contributed by atoms with E-state index in [0.29, 0.717) is 12.1 Å². The molecule has 0 aliphatic rings. The van der Waals surface area contributed by atoms with Crippen LogP contribution in [0.1, 0.15) is 36.2 Å². The van der Waals surface area contributed by atoms with Gasteiger partial charge in [0.15, 0.2) is 5.11 Å². The summed E-state index contributed by atoms with van der Waals surface area (Å²) in [5.74, 6) is -0.928. The van der Waals surface area contributed by atoms with Gasteiger partial charge in [-0.05, 0) is 42.8 Å². The average molecular weight is 294 g/mol. The number of rotatable bonds is 4. The lowest BCUT2D eigenvalue weighted by Gasteiger charge is -2.13. The van der Waals surface area contributed by atoms with E-state index in [1.807, 2.05) is 20.8 Å². The van der Waals surface area contributed by atoms with Crippen LogP contribution in [0.4, 0.5) is 5.69 Å². The molecule has 0 spiro atoms. The second-order valence-corrected chi connectivity index (χ2v) is 5.34. The summed E-state index contributed by atoms with van der Waals surface area (Å²) in [6, 6.07) is 4.69. The molecule has 0 aliphatic carbocycles. The molecule has 0 saturated heterocycles. The van der Waals surface area contributed by atoms with E-state index in [9.17, 15) is 9.59 Å². The first kappa shape index (κ1) is 16.1. The smallest absolute Gasteiger partial charge is 0.335 e. The molecule has 0 unspecified atom stereocenters. The molecule has 3 N–H and O–H groups in total. The van der Waals surface area contributed by atoms with Gasteiger partial charge in [0, 0.05) is 12.1 Å². The SMILES string of the molecule is Cc1ccc(C(=O)O)cc1NC(=S)NC(=O)CC(C)C. The summed E-state index contributed by atoms with van der Waals surface area (Å²) in [6.45, 7) is 5.71. The van der Waals surface area contributed by atoms with Gasteiger partial charge in [0.2, 0.25) is 5.91 Å². The monoisotopic (exact) mass is 294 g/mol. The minimum Gasteiger partial charge on any atom is -0.478 e. The highest BCUT2D eigenvalue weighted by atomic mass is 32.1. The van der Waals surface area contributed by atoms with Crippen molar-refractivity contribution in [1.82, 2.24) is 5.32 Å². The molecular formula is C14H18N2O3S. The van der Waals surface area contributed by atoms with Crippen LogP contribution < -0.4 is 10.6 Å². The van der Waals surface area contributed by atoms with Gasteiger partial charge in [0.05, 0.1) is 5.56 Å². The van der Waals surface area contributed by atoms with Gasteiger partial charge < -0.3 is 15.7 Å². The van der Waals surface area contributed by atoms with Crippen LogP contribution in [-0.2, 0) is 4.79 Å². The lowest BCUT2D eigenvalue weighted by atomic mass is 10.1. The number of thiocarbonyl (C=S) groups is 1. The Morgan fingerprint density at radius 3 is 2.55 bits per heavy atom. The summed E-state index contributed by atoms with van der Waals surface area (Å²) >= 11 is 5.04. The van der Waals surface area contributed by atoms with Crippen molar-refractivity contribution >= 4 is 34.9 Å². The number of nitrogens with one attached hydrogen (secondary N) is 2. The van der Waals surface area contributed by atoms with Crippen molar-refractivity contribution in [2.45, 2.75) is 27.2 Å². The molecule has 0 atom stereocenters. The Morgan fingerprint density at radius 2 is 2.00 bits per heavy atom. The molecule has 0 heterocycles. The van der Waals surface area contributed by atoms with Crippen molar-refractivity contribution in [3.63, 3.8) is 0 Å². The number of carbonyl (C=O) groups is 2. The summed E-state index contributed by atoms with van der Waals surface area (Å²) in [6.07, 6.45) is 0.385. The van der Waals surface area contributed by atoms with E-state index in [4.69, 9.17) is 17.3 Å². The van der Waals surface area contributed by atoms with E-state index in [-0.39, 0.29) is 22.5 Å². The summed E-state index contributed by atoms with van der Waals surface area (Å²) in [5, 5.41) is 14.5. The number of aromatic carboxylic acids is 1. The van der Waals surface area contributed by atoms with Gasteiger partial charge in [-0.3, -0.25) is 4.79 Å². The van der Waals surface area contributed by atoms with Crippen molar-refractivity contribution in [3.05, 3.63) is 29.3 Å². The summed E-state index contributed by atoms with van der Waals surface area (Å²) in [7, 11) is 0. The molecule has 6 heteroatoms. The number of aryl methyl sites for hydroxylation is 1. The highest BCUT2D eigenvalue weighted by molar-refractivity contribution is 7.80. The third kappa shape index (κ3) is 4.97. The van der Waals surface area contributed by atoms with E-state index in [1.165, 1.54) is 12.1 Å². The number of carbonyl (C=O) groups excluding carboxylic acids is 1. The first-order valence-corrected chi connectivity index (χ1v) is 6.65. The summed E-state index contributed by atoms with van der Waals surface area (Å²) in [4.78, 5) is 22.5. The Kier molecular flexibility index (Phi) is 5.64. The Bertz CT molecular complexity index is 541. The summed E-state index contributed by atoms with van der Waals surface area (Å²) in [5.41, 5.74) is 1.57. The molecule has 5 nitrogen and oxygen atoms in total. The number of benzene rings is 1. The van der Waals surface area contributed by atoms with E-state index in [0.717, 1.165) is 5.56 Å². The average Bonchev–Trinajstić information content (AvgIpc) is 2.30. The molecule has 1 aromatic carbocycles. The zero-order valence-corrected chi connectivity index (χ0v) is 12.5. The Labute approximate surface area is 123 Å². The molecule has 1 rings (SSSR count). The van der Waals surface area contributed by atoms with Gasteiger partial charge in [-0.25, -0.2) is 4.79 Å². The molecule has 0 bridgehead atoms. The van der Waals surface area contributed by atoms with Gasteiger partial charge in [0.1, 0.15) is 0 Å². The van der Waals surface area contributed by atoms with Gasteiger partial charge in [0.25, 0.3) is 0 Å². The zero-order valence-electron chi connectivity index (χ0n) is 11.7. The maximum Gasteiger partial charge on any atom is 0.335 e.